The summed E-state index contributed by atoms with van der Waals surface area (Å²) in [5.41, 5.74) is 3.14. The average molecular weight is 290 g/mol. The Morgan fingerprint density at radius 1 is 1.00 bits per heavy atom. The van der Waals surface area contributed by atoms with Crippen LogP contribution in [0.3, 0.4) is 0 Å². The first-order valence-electron chi connectivity index (χ1n) is 7.04. The third-order valence-electron chi connectivity index (χ3n) is 3.73. The molecule has 1 atom stereocenters. The number of nitrogens with one attached hydrogen (secondary N) is 1. The predicted molar refractivity (Wildman–Crippen MR) is 84.3 cm³/mol. The maximum absolute atomic E-state index is 9.48. The van der Waals surface area contributed by atoms with E-state index in [1.807, 2.05) is 35.0 Å². The summed E-state index contributed by atoms with van der Waals surface area (Å²) in [5.74, 6) is 0.961. The lowest BCUT2D eigenvalue weighted by Crippen LogP contribution is -2.20. The van der Waals surface area contributed by atoms with Crippen LogP contribution in [0.5, 0.6) is 5.75 Å². The van der Waals surface area contributed by atoms with Gasteiger partial charge in [0.25, 0.3) is 0 Å². The van der Waals surface area contributed by atoms with Crippen molar-refractivity contribution in [3.63, 3.8) is 0 Å². The molecule has 1 aliphatic heterocycles. The number of rotatable bonds is 2. The number of nitrogens with zero attached hydrogens (tertiary/aromatic N) is 3. The van der Waals surface area contributed by atoms with Crippen LogP contribution in [0.2, 0.25) is 0 Å². The lowest BCUT2D eigenvalue weighted by Gasteiger charge is -2.24. The topological polar surface area (TPSA) is 63.0 Å². The van der Waals surface area contributed by atoms with E-state index in [0.29, 0.717) is 5.95 Å². The molecule has 4 rings (SSSR count). The van der Waals surface area contributed by atoms with Crippen LogP contribution in [-0.4, -0.2) is 19.9 Å². The predicted octanol–water partition coefficient (Wildman–Crippen LogP) is 3.04. The zero-order valence-corrected chi connectivity index (χ0v) is 11.7. The highest BCUT2D eigenvalue weighted by Gasteiger charge is 2.23. The van der Waals surface area contributed by atoms with Gasteiger partial charge in [-0.2, -0.15) is 10.1 Å². The summed E-state index contributed by atoms with van der Waals surface area (Å²) in [4.78, 5) is 4.28. The quantitative estimate of drug-likeness (QED) is 0.761. The number of anilines is 1. The zero-order chi connectivity index (χ0) is 14.9. The minimum absolute atomic E-state index is 0.0606. The zero-order valence-electron chi connectivity index (χ0n) is 11.7. The van der Waals surface area contributed by atoms with E-state index in [0.717, 1.165) is 16.8 Å². The number of allylic oxidation sites excluding steroid dienone is 1. The summed E-state index contributed by atoms with van der Waals surface area (Å²) >= 11 is 0. The van der Waals surface area contributed by atoms with E-state index in [4.69, 9.17) is 0 Å². The molecule has 0 bridgehead atoms. The minimum Gasteiger partial charge on any atom is -0.508 e. The number of aromatic nitrogens is 3. The van der Waals surface area contributed by atoms with Crippen LogP contribution in [-0.2, 0) is 0 Å². The van der Waals surface area contributed by atoms with E-state index >= 15 is 0 Å². The number of phenols is 1. The largest absolute Gasteiger partial charge is 0.508 e. The Balaban J connectivity index is 1.81. The van der Waals surface area contributed by atoms with Gasteiger partial charge in [-0.25, -0.2) is 4.68 Å². The minimum atomic E-state index is -0.0606. The van der Waals surface area contributed by atoms with E-state index in [1.165, 1.54) is 6.33 Å². The van der Waals surface area contributed by atoms with Gasteiger partial charge in [0.1, 0.15) is 18.1 Å². The van der Waals surface area contributed by atoms with E-state index in [2.05, 4.69) is 33.6 Å². The van der Waals surface area contributed by atoms with Crippen molar-refractivity contribution in [1.82, 2.24) is 14.8 Å². The standard InChI is InChI=1S/C17H14N4O/c22-14-8-6-13(7-9-14)16-10-15(12-4-2-1-3-5-12)20-17-18-11-19-21(16)17/h1-11,16,22H,(H,18,19,20)/t16-/m1/s1. The molecule has 0 spiro atoms. The van der Waals surface area contributed by atoms with Gasteiger partial charge in [0.2, 0.25) is 5.95 Å². The van der Waals surface area contributed by atoms with Gasteiger partial charge in [-0.3, -0.25) is 0 Å². The van der Waals surface area contributed by atoms with Crippen molar-refractivity contribution in [1.29, 1.82) is 0 Å². The lowest BCUT2D eigenvalue weighted by atomic mass is 10.0. The molecule has 2 N–H and O–H groups in total. The van der Waals surface area contributed by atoms with Crippen molar-refractivity contribution in [2.24, 2.45) is 0 Å². The molecule has 0 unspecified atom stereocenters. The van der Waals surface area contributed by atoms with Gasteiger partial charge in [0.05, 0.1) is 0 Å². The first kappa shape index (κ1) is 12.6. The smallest absolute Gasteiger partial charge is 0.226 e. The van der Waals surface area contributed by atoms with Gasteiger partial charge in [0, 0.05) is 5.70 Å². The van der Waals surface area contributed by atoms with E-state index in [9.17, 15) is 5.11 Å². The molecule has 2 aromatic carbocycles. The van der Waals surface area contributed by atoms with Crippen molar-refractivity contribution in [2.75, 3.05) is 5.32 Å². The molecule has 0 amide bonds. The molecular formula is C17H14N4O. The van der Waals surface area contributed by atoms with Gasteiger partial charge in [0.15, 0.2) is 0 Å². The second-order valence-electron chi connectivity index (χ2n) is 5.14. The lowest BCUT2D eigenvalue weighted by molar-refractivity contribution is 0.474. The highest BCUT2D eigenvalue weighted by atomic mass is 16.3. The summed E-state index contributed by atoms with van der Waals surface area (Å²) in [6.07, 6.45) is 3.65. The normalized spacial score (nSPS) is 16.5. The monoisotopic (exact) mass is 290 g/mol. The van der Waals surface area contributed by atoms with Crippen LogP contribution in [0.15, 0.2) is 67.0 Å². The van der Waals surface area contributed by atoms with Crippen LogP contribution in [0.1, 0.15) is 17.2 Å². The molecule has 22 heavy (non-hydrogen) atoms. The van der Waals surface area contributed by atoms with Gasteiger partial charge >= 0.3 is 0 Å². The molecule has 0 fully saturated rings. The summed E-state index contributed by atoms with van der Waals surface area (Å²) in [7, 11) is 0. The molecule has 0 saturated carbocycles. The van der Waals surface area contributed by atoms with Crippen molar-refractivity contribution < 1.29 is 5.11 Å². The number of phenolic OH excluding ortho intramolecular Hbond substituents is 1. The Morgan fingerprint density at radius 3 is 2.55 bits per heavy atom. The maximum atomic E-state index is 9.48. The number of fused-ring (bicyclic) bond motifs is 1. The Hall–Kier alpha value is -3.08. The van der Waals surface area contributed by atoms with Gasteiger partial charge < -0.3 is 10.4 Å². The molecule has 3 aromatic rings. The molecule has 0 radical (unpaired) electrons. The van der Waals surface area contributed by atoms with E-state index in [1.54, 1.807) is 12.1 Å². The molecular weight excluding hydrogens is 276 g/mol. The highest BCUT2D eigenvalue weighted by Crippen LogP contribution is 2.32. The van der Waals surface area contributed by atoms with Crippen LogP contribution in [0.25, 0.3) is 5.70 Å². The number of benzene rings is 2. The fourth-order valence-corrected chi connectivity index (χ4v) is 2.63. The van der Waals surface area contributed by atoms with Crippen molar-refractivity contribution in [3.05, 3.63) is 78.1 Å². The third-order valence-corrected chi connectivity index (χ3v) is 3.73. The van der Waals surface area contributed by atoms with Crippen LogP contribution in [0.4, 0.5) is 5.95 Å². The summed E-state index contributed by atoms with van der Waals surface area (Å²) in [6.45, 7) is 0. The number of hydrogen-bond acceptors (Lipinski definition) is 4. The van der Waals surface area contributed by atoms with Crippen LogP contribution >= 0.6 is 0 Å². The molecule has 5 nitrogen and oxygen atoms in total. The summed E-state index contributed by atoms with van der Waals surface area (Å²) < 4.78 is 1.83. The second-order valence-corrected chi connectivity index (χ2v) is 5.14. The Morgan fingerprint density at radius 2 is 1.77 bits per heavy atom. The summed E-state index contributed by atoms with van der Waals surface area (Å²) in [5, 5.41) is 17.1. The fraction of sp³-hybridized carbons (Fsp3) is 0.0588. The van der Waals surface area contributed by atoms with Gasteiger partial charge in [-0.1, -0.05) is 42.5 Å². The van der Waals surface area contributed by atoms with Crippen LogP contribution in [0, 0.1) is 0 Å². The Kier molecular flexibility index (Phi) is 2.89. The molecule has 0 aliphatic carbocycles. The van der Waals surface area contributed by atoms with Crippen LogP contribution < -0.4 is 5.32 Å². The van der Waals surface area contributed by atoms with Crippen molar-refractivity contribution in [3.8, 4) is 5.75 Å². The van der Waals surface area contributed by atoms with Gasteiger partial charge in [-0.15, -0.1) is 0 Å². The Labute approximate surface area is 127 Å². The number of hydrogen-bond donors (Lipinski definition) is 2. The SMILES string of the molecule is Oc1ccc([C@H]2C=C(c3ccccc3)Nc3ncnn32)cc1. The maximum Gasteiger partial charge on any atom is 0.226 e. The first-order chi connectivity index (χ1) is 10.8. The van der Waals surface area contributed by atoms with Crippen molar-refractivity contribution >= 4 is 11.6 Å². The fourth-order valence-electron chi connectivity index (χ4n) is 2.63. The molecule has 0 saturated heterocycles. The molecule has 1 aromatic heterocycles. The van der Waals surface area contributed by atoms with E-state index < -0.39 is 0 Å². The molecule has 2 heterocycles. The molecule has 5 heteroatoms. The molecule has 1 aliphatic rings. The first-order valence-corrected chi connectivity index (χ1v) is 7.04. The summed E-state index contributed by atoms with van der Waals surface area (Å²) in [6, 6.07) is 17.2. The third kappa shape index (κ3) is 2.13. The highest BCUT2D eigenvalue weighted by molar-refractivity contribution is 5.77. The number of aromatic hydroxyl groups is 1. The second kappa shape index (κ2) is 5.04. The van der Waals surface area contributed by atoms with Gasteiger partial charge in [-0.05, 0) is 29.3 Å². The van der Waals surface area contributed by atoms with Crippen molar-refractivity contribution in [2.45, 2.75) is 6.04 Å². The average Bonchev–Trinajstić information content (AvgIpc) is 3.04. The Bertz CT molecular complexity index is 821. The van der Waals surface area contributed by atoms with E-state index in [-0.39, 0.29) is 11.8 Å². The molecule has 108 valence electrons.